The van der Waals surface area contributed by atoms with E-state index >= 15 is 0 Å². The number of aryl methyl sites for hydroxylation is 1. The Bertz CT molecular complexity index is 2550. The van der Waals surface area contributed by atoms with Gasteiger partial charge in [0, 0.05) is 10.8 Å². The molecule has 0 bridgehead atoms. The van der Waals surface area contributed by atoms with Crippen LogP contribution in [0.3, 0.4) is 0 Å². The highest BCUT2D eigenvalue weighted by molar-refractivity contribution is 6.25. The van der Waals surface area contributed by atoms with E-state index in [1.807, 2.05) is 18.2 Å². The van der Waals surface area contributed by atoms with E-state index in [4.69, 9.17) is 5.79 Å². The van der Waals surface area contributed by atoms with Crippen LogP contribution in [0.1, 0.15) is 6.93 Å². The van der Waals surface area contributed by atoms with Gasteiger partial charge in [-0.1, -0.05) is 140 Å². The van der Waals surface area contributed by atoms with Crippen molar-refractivity contribution in [2.24, 2.45) is 0 Å². The van der Waals surface area contributed by atoms with Crippen molar-refractivity contribution in [1.29, 1.82) is 0 Å². The van der Waals surface area contributed by atoms with Crippen molar-refractivity contribution in [3.05, 3.63) is 157 Å². The molecule has 8 aromatic carbocycles. The van der Waals surface area contributed by atoms with Gasteiger partial charge >= 0.3 is 0 Å². The summed E-state index contributed by atoms with van der Waals surface area (Å²) >= 11 is 0. The summed E-state index contributed by atoms with van der Waals surface area (Å²) in [4.78, 5) is 0. The van der Waals surface area contributed by atoms with E-state index in [1.165, 1.54) is 54.9 Å². The quantitative estimate of drug-likeness (QED) is 0.196. The van der Waals surface area contributed by atoms with Gasteiger partial charge < -0.3 is 4.42 Å². The molecule has 0 aliphatic carbocycles. The lowest BCUT2D eigenvalue weighted by Gasteiger charge is -2.18. The van der Waals surface area contributed by atoms with Crippen LogP contribution in [0.25, 0.3) is 87.6 Å². The summed E-state index contributed by atoms with van der Waals surface area (Å²) in [7, 11) is 0. The molecule has 9 aromatic rings. The van der Waals surface area contributed by atoms with Crippen LogP contribution in [0.4, 0.5) is 0 Å². The van der Waals surface area contributed by atoms with Crippen LogP contribution >= 0.6 is 0 Å². The van der Waals surface area contributed by atoms with Crippen molar-refractivity contribution in [2.75, 3.05) is 0 Å². The standard InChI is InChI=1S/C43H28O/c1-27-10-8-18-38-42-37(17-9-19-39(42)44-43(27)38)41-35-15-6-4-13-33(35)40(34-14-5-7-16-36(34)41)30-23-20-29(21-24-30)32-25-22-28-11-2-3-12-31(28)26-32/h2-26H,1H3/i2D. The minimum atomic E-state index is 0.537. The Balaban J connectivity index is 1.27. The molecule has 0 saturated heterocycles. The van der Waals surface area contributed by atoms with Crippen LogP contribution in [0.15, 0.2) is 156 Å². The molecule has 1 aromatic heterocycles. The lowest BCUT2D eigenvalue weighted by Crippen LogP contribution is -1.91. The smallest absolute Gasteiger partial charge is 0.138 e. The summed E-state index contributed by atoms with van der Waals surface area (Å²) in [5.41, 5.74) is 10.2. The zero-order valence-corrected chi connectivity index (χ0v) is 24.3. The topological polar surface area (TPSA) is 13.1 Å². The molecule has 206 valence electrons. The molecule has 0 aliphatic rings. The molecule has 0 atom stereocenters. The van der Waals surface area contributed by atoms with Gasteiger partial charge in [0.2, 0.25) is 0 Å². The van der Waals surface area contributed by atoms with Crippen molar-refractivity contribution >= 4 is 54.3 Å². The Morgan fingerprint density at radius 2 is 1.11 bits per heavy atom. The van der Waals surface area contributed by atoms with Gasteiger partial charge in [0.15, 0.2) is 0 Å². The Morgan fingerprint density at radius 1 is 0.477 bits per heavy atom. The first kappa shape index (κ1) is 23.9. The van der Waals surface area contributed by atoms with Crippen LogP contribution in [0.5, 0.6) is 0 Å². The number of para-hydroxylation sites is 1. The Kier molecular flexibility index (Phi) is 5.25. The molecule has 0 amide bonds. The predicted molar refractivity (Wildman–Crippen MR) is 187 cm³/mol. The maximum atomic E-state index is 7.94. The van der Waals surface area contributed by atoms with Crippen molar-refractivity contribution in [2.45, 2.75) is 6.92 Å². The Morgan fingerprint density at radius 3 is 1.86 bits per heavy atom. The normalized spacial score (nSPS) is 12.1. The minimum Gasteiger partial charge on any atom is -0.456 e. The molecule has 1 heterocycles. The molecule has 1 heteroatoms. The summed E-state index contributed by atoms with van der Waals surface area (Å²) in [6.07, 6.45) is 0. The van der Waals surface area contributed by atoms with Crippen LogP contribution in [-0.2, 0) is 0 Å². The molecule has 9 rings (SSSR count). The highest BCUT2D eigenvalue weighted by atomic mass is 16.3. The van der Waals surface area contributed by atoms with Gasteiger partial charge in [-0.25, -0.2) is 0 Å². The number of rotatable bonds is 3. The molecule has 0 fully saturated rings. The third kappa shape index (κ3) is 3.73. The van der Waals surface area contributed by atoms with E-state index in [1.54, 1.807) is 0 Å². The molecule has 44 heavy (non-hydrogen) atoms. The van der Waals surface area contributed by atoms with Crippen molar-refractivity contribution in [3.63, 3.8) is 0 Å². The van der Waals surface area contributed by atoms with E-state index in [9.17, 15) is 0 Å². The molecule has 1 nitrogen and oxygen atoms in total. The first-order valence-corrected chi connectivity index (χ1v) is 15.1. The summed E-state index contributed by atoms with van der Waals surface area (Å²) in [6, 6.07) is 52.3. The fourth-order valence-corrected chi connectivity index (χ4v) is 7.06. The van der Waals surface area contributed by atoms with E-state index in [0.29, 0.717) is 6.04 Å². The third-order valence-electron chi connectivity index (χ3n) is 9.11. The van der Waals surface area contributed by atoms with E-state index in [-0.39, 0.29) is 0 Å². The highest BCUT2D eigenvalue weighted by Crippen LogP contribution is 2.47. The molecule has 0 aliphatic heterocycles. The zero-order valence-electron chi connectivity index (χ0n) is 25.3. The van der Waals surface area contributed by atoms with E-state index < -0.39 is 0 Å². The summed E-state index contributed by atoms with van der Waals surface area (Å²) in [5, 5.41) is 9.49. The van der Waals surface area contributed by atoms with Crippen LogP contribution in [0, 0.1) is 6.92 Å². The predicted octanol–water partition coefficient (Wildman–Crippen LogP) is 12.4. The monoisotopic (exact) mass is 561 g/mol. The fraction of sp³-hybridized carbons (Fsp3) is 0.0233. The first-order chi connectivity index (χ1) is 22.1. The van der Waals surface area contributed by atoms with Crippen molar-refractivity contribution in [3.8, 4) is 33.4 Å². The molecule has 0 N–H and O–H groups in total. The summed E-state index contributed by atoms with van der Waals surface area (Å²) < 4.78 is 14.4. The maximum absolute atomic E-state index is 7.94. The fourth-order valence-electron chi connectivity index (χ4n) is 7.06. The van der Waals surface area contributed by atoms with Crippen LogP contribution < -0.4 is 0 Å². The molecule has 0 saturated carbocycles. The molecule has 0 unspecified atom stereocenters. The van der Waals surface area contributed by atoms with Gasteiger partial charge in [0.25, 0.3) is 0 Å². The number of hydrogen-bond acceptors (Lipinski definition) is 1. The largest absolute Gasteiger partial charge is 0.456 e. The van der Waals surface area contributed by atoms with Gasteiger partial charge in [-0.05, 0) is 90.3 Å². The van der Waals surface area contributed by atoms with Crippen LogP contribution in [-0.4, -0.2) is 0 Å². The van der Waals surface area contributed by atoms with Gasteiger partial charge in [-0.2, -0.15) is 0 Å². The molecule has 0 radical (unpaired) electrons. The number of hydrogen-bond donors (Lipinski definition) is 0. The highest BCUT2D eigenvalue weighted by Gasteiger charge is 2.20. The summed E-state index contributed by atoms with van der Waals surface area (Å²) in [6.45, 7) is 2.11. The number of benzene rings is 8. The van der Waals surface area contributed by atoms with Gasteiger partial charge in [-0.15, -0.1) is 0 Å². The molecule has 0 spiro atoms. The SMILES string of the molecule is [2H]c1ccc2cc(-c3ccc(-c4c5ccccc5c(-c5cccc6oc7c(C)cccc7c56)c5ccccc45)cc3)ccc2c1. The first-order valence-electron chi connectivity index (χ1n) is 15.6. The Labute approximate surface area is 257 Å². The number of fused-ring (bicyclic) bond motifs is 6. The average Bonchev–Trinajstić information content (AvgIpc) is 3.48. The van der Waals surface area contributed by atoms with E-state index in [0.717, 1.165) is 38.3 Å². The number of furan rings is 1. The van der Waals surface area contributed by atoms with Gasteiger partial charge in [0.1, 0.15) is 11.2 Å². The Hall–Kier alpha value is -5.66. The second-order valence-corrected chi connectivity index (χ2v) is 11.6. The zero-order chi connectivity index (χ0) is 30.1. The van der Waals surface area contributed by atoms with Crippen molar-refractivity contribution in [1.82, 2.24) is 0 Å². The second-order valence-electron chi connectivity index (χ2n) is 11.6. The van der Waals surface area contributed by atoms with Gasteiger partial charge in [0.05, 0.1) is 1.37 Å². The average molecular weight is 562 g/mol. The maximum Gasteiger partial charge on any atom is 0.138 e. The van der Waals surface area contributed by atoms with Crippen LogP contribution in [0.2, 0.25) is 0 Å². The lowest BCUT2D eigenvalue weighted by atomic mass is 9.84. The lowest BCUT2D eigenvalue weighted by molar-refractivity contribution is 0.666. The van der Waals surface area contributed by atoms with E-state index in [2.05, 4.69) is 134 Å². The molecular formula is C43H28O. The van der Waals surface area contributed by atoms with Crippen molar-refractivity contribution < 1.29 is 5.79 Å². The summed E-state index contributed by atoms with van der Waals surface area (Å²) in [5.74, 6) is 0. The molecular weight excluding hydrogens is 532 g/mol. The van der Waals surface area contributed by atoms with Gasteiger partial charge in [-0.3, -0.25) is 0 Å². The minimum absolute atomic E-state index is 0.537. The second kappa shape index (κ2) is 9.69. The third-order valence-corrected chi connectivity index (χ3v) is 9.11.